The Morgan fingerprint density at radius 2 is 1.94 bits per heavy atom. The monoisotopic (exact) mass is 486 g/mol. The molecule has 0 radical (unpaired) electrons. The van der Waals surface area contributed by atoms with Crippen molar-refractivity contribution in [1.82, 2.24) is 0 Å². The van der Waals surface area contributed by atoms with Gasteiger partial charge >= 0.3 is 0 Å². The Bertz CT molecular complexity index is 1290. The van der Waals surface area contributed by atoms with E-state index in [9.17, 15) is 10.1 Å². The molecule has 3 aromatic carbocycles. The number of ether oxygens (including phenoxy) is 2. The maximum atomic E-state index is 12.8. The van der Waals surface area contributed by atoms with Crippen molar-refractivity contribution in [1.29, 1.82) is 5.26 Å². The molecule has 1 N–H and O–H groups in total. The van der Waals surface area contributed by atoms with Crippen LogP contribution in [-0.4, -0.2) is 12.5 Å². The molecule has 0 saturated carbocycles. The summed E-state index contributed by atoms with van der Waals surface area (Å²) in [7, 11) is 0. The van der Waals surface area contributed by atoms with Crippen LogP contribution < -0.4 is 14.8 Å². The van der Waals surface area contributed by atoms with Crippen molar-refractivity contribution in [3.05, 3.63) is 106 Å². The molecule has 178 valence electrons. The van der Waals surface area contributed by atoms with Crippen LogP contribution in [0.4, 0.5) is 5.69 Å². The van der Waals surface area contributed by atoms with Crippen molar-refractivity contribution in [2.45, 2.75) is 26.9 Å². The van der Waals surface area contributed by atoms with Crippen LogP contribution in [0.25, 0.3) is 6.08 Å². The highest BCUT2D eigenvalue weighted by molar-refractivity contribution is 6.30. The highest BCUT2D eigenvalue weighted by Gasteiger charge is 2.16. The van der Waals surface area contributed by atoms with Gasteiger partial charge in [-0.2, -0.15) is 5.26 Å². The minimum absolute atomic E-state index is 0.0205. The number of hydrogen-bond acceptors (Lipinski definition) is 4. The zero-order valence-corrected chi connectivity index (χ0v) is 20.6. The first-order valence-corrected chi connectivity index (χ1v) is 11.6. The molecule has 0 bridgehead atoms. The second-order valence-corrected chi connectivity index (χ2v) is 8.23. The van der Waals surface area contributed by atoms with Crippen molar-refractivity contribution in [3.8, 4) is 17.6 Å². The van der Waals surface area contributed by atoms with E-state index >= 15 is 0 Å². The fraction of sp³-hybridized carbons (Fsp3) is 0.172. The van der Waals surface area contributed by atoms with Gasteiger partial charge in [0.2, 0.25) is 0 Å². The summed E-state index contributed by atoms with van der Waals surface area (Å²) < 4.78 is 12.0. The Morgan fingerprint density at radius 1 is 1.14 bits per heavy atom. The summed E-state index contributed by atoms with van der Waals surface area (Å²) in [6.07, 6.45) is 3.83. The number of carbonyl (C=O) groups excluding carboxylic acids is 1. The van der Waals surface area contributed by atoms with E-state index < -0.39 is 5.91 Å². The van der Waals surface area contributed by atoms with E-state index in [1.165, 1.54) is 0 Å². The lowest BCUT2D eigenvalue weighted by molar-refractivity contribution is -0.112. The summed E-state index contributed by atoms with van der Waals surface area (Å²) in [5.41, 5.74) is 3.95. The number of allylic oxidation sites excluding steroid dienone is 1. The fourth-order valence-electron chi connectivity index (χ4n) is 3.50. The lowest BCUT2D eigenvalue weighted by atomic mass is 10.0. The van der Waals surface area contributed by atoms with Crippen molar-refractivity contribution < 1.29 is 14.3 Å². The largest absolute Gasteiger partial charge is 0.490 e. The molecule has 0 unspecified atom stereocenters. The number of para-hydroxylation sites is 1. The fourth-order valence-corrected chi connectivity index (χ4v) is 3.71. The Kier molecular flexibility index (Phi) is 9.11. The maximum absolute atomic E-state index is 12.8. The Balaban J connectivity index is 1.94. The van der Waals surface area contributed by atoms with Gasteiger partial charge in [0.25, 0.3) is 5.91 Å². The quantitative estimate of drug-likeness (QED) is 0.192. The highest BCUT2D eigenvalue weighted by Crippen LogP contribution is 2.35. The zero-order valence-electron chi connectivity index (χ0n) is 19.8. The molecule has 6 heteroatoms. The van der Waals surface area contributed by atoms with E-state index in [1.54, 1.807) is 24.3 Å². The summed E-state index contributed by atoms with van der Waals surface area (Å²) in [6.45, 7) is 8.35. The summed E-state index contributed by atoms with van der Waals surface area (Å²) in [4.78, 5) is 12.8. The molecule has 0 aliphatic rings. The first kappa shape index (κ1) is 25.6. The Morgan fingerprint density at radius 3 is 2.63 bits per heavy atom. The number of hydrogen-bond donors (Lipinski definition) is 1. The van der Waals surface area contributed by atoms with Crippen LogP contribution in [0.2, 0.25) is 5.02 Å². The molecule has 0 fully saturated rings. The van der Waals surface area contributed by atoms with Gasteiger partial charge in [-0.3, -0.25) is 4.79 Å². The van der Waals surface area contributed by atoms with E-state index in [0.717, 1.165) is 16.7 Å². The molecule has 0 saturated heterocycles. The summed E-state index contributed by atoms with van der Waals surface area (Å²) in [6, 6.07) is 20.5. The summed E-state index contributed by atoms with van der Waals surface area (Å²) in [5.74, 6) is 0.634. The van der Waals surface area contributed by atoms with Gasteiger partial charge in [-0.15, -0.1) is 6.58 Å². The number of halogens is 1. The van der Waals surface area contributed by atoms with Gasteiger partial charge < -0.3 is 14.8 Å². The third kappa shape index (κ3) is 6.99. The highest BCUT2D eigenvalue weighted by atomic mass is 35.5. The molecular formula is C29H27ClN2O3. The lowest BCUT2D eigenvalue weighted by Crippen LogP contribution is -2.14. The van der Waals surface area contributed by atoms with Gasteiger partial charge in [0.15, 0.2) is 11.5 Å². The molecule has 0 aliphatic heterocycles. The van der Waals surface area contributed by atoms with Crippen LogP contribution in [0.15, 0.2) is 78.9 Å². The number of nitriles is 1. The third-order valence-electron chi connectivity index (χ3n) is 5.16. The first-order chi connectivity index (χ1) is 16.9. The van der Waals surface area contributed by atoms with E-state index in [2.05, 4.69) is 11.9 Å². The van der Waals surface area contributed by atoms with Gasteiger partial charge in [-0.1, -0.05) is 48.0 Å². The number of nitrogens with one attached hydrogen (secondary N) is 1. The topological polar surface area (TPSA) is 71.4 Å². The van der Waals surface area contributed by atoms with Crippen molar-refractivity contribution in [2.75, 3.05) is 11.9 Å². The van der Waals surface area contributed by atoms with E-state index in [-0.39, 0.29) is 5.57 Å². The number of aryl methyl sites for hydroxylation is 1. The summed E-state index contributed by atoms with van der Waals surface area (Å²) in [5, 5.41) is 13.1. The molecule has 1 amide bonds. The molecule has 5 nitrogen and oxygen atoms in total. The van der Waals surface area contributed by atoms with Gasteiger partial charge in [0.1, 0.15) is 18.2 Å². The average Bonchev–Trinajstić information content (AvgIpc) is 2.84. The molecule has 0 spiro atoms. The van der Waals surface area contributed by atoms with Gasteiger partial charge in [-0.05, 0) is 73.4 Å². The molecule has 0 atom stereocenters. The number of amides is 1. The van der Waals surface area contributed by atoms with Crippen molar-refractivity contribution in [3.63, 3.8) is 0 Å². The van der Waals surface area contributed by atoms with Gasteiger partial charge in [-0.25, -0.2) is 0 Å². The van der Waals surface area contributed by atoms with Crippen LogP contribution >= 0.6 is 11.6 Å². The number of carbonyl (C=O) groups is 1. The number of nitrogens with zero attached hydrogens (tertiary/aromatic N) is 1. The smallest absolute Gasteiger partial charge is 0.266 e. The third-order valence-corrected chi connectivity index (χ3v) is 5.39. The minimum Gasteiger partial charge on any atom is -0.490 e. The zero-order chi connectivity index (χ0) is 25.2. The molecule has 0 heterocycles. The predicted molar refractivity (Wildman–Crippen MR) is 141 cm³/mol. The van der Waals surface area contributed by atoms with Crippen LogP contribution in [0.5, 0.6) is 11.5 Å². The van der Waals surface area contributed by atoms with Crippen molar-refractivity contribution in [2.24, 2.45) is 0 Å². The number of benzene rings is 3. The van der Waals surface area contributed by atoms with Crippen LogP contribution in [0, 0.1) is 18.3 Å². The molecular weight excluding hydrogens is 460 g/mol. The van der Waals surface area contributed by atoms with E-state index in [1.807, 2.05) is 68.4 Å². The minimum atomic E-state index is -0.480. The predicted octanol–water partition coefficient (Wildman–Crippen LogP) is 6.90. The number of anilines is 1. The standard InChI is InChI=1S/C29H27ClN2O3/c1-4-9-23-14-22(15-24(18-31)29(33)32-26-13-7-6-10-20(26)3)17-27(34-5-2)28(23)35-19-21-11-8-12-25(30)16-21/h4,6-8,10-17H,1,5,9,19H2,2-3H3,(H,32,33)/b24-15+. The molecule has 3 rings (SSSR count). The first-order valence-electron chi connectivity index (χ1n) is 11.2. The maximum Gasteiger partial charge on any atom is 0.266 e. The summed E-state index contributed by atoms with van der Waals surface area (Å²) >= 11 is 6.10. The average molecular weight is 487 g/mol. The normalized spacial score (nSPS) is 10.9. The van der Waals surface area contributed by atoms with E-state index in [0.29, 0.717) is 47.4 Å². The van der Waals surface area contributed by atoms with Gasteiger partial charge in [0.05, 0.1) is 6.61 Å². The molecule has 35 heavy (non-hydrogen) atoms. The van der Waals surface area contributed by atoms with Crippen molar-refractivity contribution >= 4 is 29.3 Å². The van der Waals surface area contributed by atoms with Gasteiger partial charge in [0, 0.05) is 16.3 Å². The second kappa shape index (κ2) is 12.5. The Labute approximate surface area is 211 Å². The number of rotatable bonds is 10. The molecule has 0 aromatic heterocycles. The van der Waals surface area contributed by atoms with E-state index in [4.69, 9.17) is 21.1 Å². The molecule has 3 aromatic rings. The van der Waals surface area contributed by atoms with Crippen LogP contribution in [0.1, 0.15) is 29.2 Å². The lowest BCUT2D eigenvalue weighted by Gasteiger charge is -2.17. The molecule has 0 aliphatic carbocycles. The second-order valence-electron chi connectivity index (χ2n) is 7.79. The van der Waals surface area contributed by atoms with Crippen LogP contribution in [-0.2, 0) is 17.8 Å². The SMILES string of the molecule is C=CCc1cc(/C=C(\C#N)C(=O)Nc2ccccc2C)cc(OCC)c1OCc1cccc(Cl)c1. The Hall–Kier alpha value is -4.01. The van der Waals surface area contributed by atoms with Crippen LogP contribution in [0.3, 0.4) is 0 Å².